The molecule has 0 aromatic heterocycles. The first-order valence-corrected chi connectivity index (χ1v) is 5.61. The summed E-state index contributed by atoms with van der Waals surface area (Å²) < 4.78 is 16.6. The van der Waals surface area contributed by atoms with E-state index in [2.05, 4.69) is 6.58 Å². The number of hydrogen-bond donors (Lipinski definition) is 0. The maximum atomic E-state index is 11.7. The molecule has 4 heteroatoms. The van der Waals surface area contributed by atoms with Gasteiger partial charge in [-0.2, -0.15) is 0 Å². The summed E-state index contributed by atoms with van der Waals surface area (Å²) in [5.74, 6) is -0.894. The number of rotatable bonds is 2. The van der Waals surface area contributed by atoms with Crippen LogP contribution in [0.3, 0.4) is 0 Å². The van der Waals surface area contributed by atoms with Gasteiger partial charge in [0.15, 0.2) is 11.9 Å². The molecule has 0 N–H and O–H groups in total. The molecule has 2 heterocycles. The van der Waals surface area contributed by atoms with Gasteiger partial charge in [-0.1, -0.05) is 13.0 Å². The zero-order chi connectivity index (χ0) is 11.9. The fourth-order valence-electron chi connectivity index (χ4n) is 2.32. The van der Waals surface area contributed by atoms with E-state index in [4.69, 9.17) is 14.2 Å². The Morgan fingerprint density at radius 3 is 2.75 bits per heavy atom. The topological polar surface area (TPSA) is 44.8 Å². The fourth-order valence-corrected chi connectivity index (χ4v) is 2.32. The standard InChI is InChI=1S/C12H18O4/c1-5-6-8-7(2)9-10(11(13)14-8)16-12(3,4)15-9/h5,7-10H,1,6H2,2-4H3/t7-,8-,9+,10+/m0/s1. The van der Waals surface area contributed by atoms with Crippen molar-refractivity contribution >= 4 is 5.97 Å². The van der Waals surface area contributed by atoms with Crippen LogP contribution in [0, 0.1) is 5.92 Å². The summed E-state index contributed by atoms with van der Waals surface area (Å²) in [6.45, 7) is 9.31. The predicted molar refractivity (Wildman–Crippen MR) is 57.7 cm³/mol. The van der Waals surface area contributed by atoms with Gasteiger partial charge in [-0.05, 0) is 13.8 Å². The third-order valence-corrected chi connectivity index (χ3v) is 3.13. The summed E-state index contributed by atoms with van der Waals surface area (Å²) >= 11 is 0. The quantitative estimate of drug-likeness (QED) is 0.530. The lowest BCUT2D eigenvalue weighted by atomic mass is 9.89. The van der Waals surface area contributed by atoms with Crippen molar-refractivity contribution in [2.45, 2.75) is 51.3 Å². The Hall–Kier alpha value is -0.870. The van der Waals surface area contributed by atoms with Crippen molar-refractivity contribution in [2.75, 3.05) is 0 Å². The SMILES string of the molecule is C=CC[C@@H]1OC(=O)[C@@H]2OC(C)(C)O[C@@H]2[C@H]1C. The summed E-state index contributed by atoms with van der Waals surface area (Å²) in [6, 6.07) is 0. The van der Waals surface area contributed by atoms with Gasteiger partial charge in [0, 0.05) is 12.3 Å². The van der Waals surface area contributed by atoms with Gasteiger partial charge in [0.2, 0.25) is 0 Å². The molecule has 4 atom stereocenters. The monoisotopic (exact) mass is 226 g/mol. The highest BCUT2D eigenvalue weighted by molar-refractivity contribution is 5.77. The van der Waals surface area contributed by atoms with Crippen LogP contribution in [-0.2, 0) is 19.0 Å². The number of cyclic esters (lactones) is 1. The van der Waals surface area contributed by atoms with Crippen LogP contribution in [-0.4, -0.2) is 30.1 Å². The first-order valence-electron chi connectivity index (χ1n) is 5.61. The lowest BCUT2D eigenvalue weighted by Gasteiger charge is -2.34. The van der Waals surface area contributed by atoms with E-state index in [-0.39, 0.29) is 24.1 Å². The van der Waals surface area contributed by atoms with Crippen LogP contribution in [0.5, 0.6) is 0 Å². The van der Waals surface area contributed by atoms with E-state index in [1.54, 1.807) is 6.08 Å². The first kappa shape index (κ1) is 11.6. The number of carbonyl (C=O) groups is 1. The Bertz CT molecular complexity index is 310. The summed E-state index contributed by atoms with van der Waals surface area (Å²) in [5, 5.41) is 0. The second-order valence-electron chi connectivity index (χ2n) is 4.88. The van der Waals surface area contributed by atoms with Crippen LogP contribution in [0.4, 0.5) is 0 Å². The van der Waals surface area contributed by atoms with E-state index < -0.39 is 11.9 Å². The van der Waals surface area contributed by atoms with Crippen LogP contribution in [0.2, 0.25) is 0 Å². The van der Waals surface area contributed by atoms with Gasteiger partial charge in [0.25, 0.3) is 0 Å². The van der Waals surface area contributed by atoms with Crippen molar-refractivity contribution in [3.05, 3.63) is 12.7 Å². The Balaban J connectivity index is 2.17. The number of ether oxygens (including phenoxy) is 3. The molecule has 0 aromatic carbocycles. The summed E-state index contributed by atoms with van der Waals surface area (Å²) in [6.07, 6.45) is 1.48. The molecular formula is C12H18O4. The van der Waals surface area contributed by atoms with Crippen molar-refractivity contribution in [3.8, 4) is 0 Å². The molecule has 4 nitrogen and oxygen atoms in total. The molecule has 0 aliphatic carbocycles. The van der Waals surface area contributed by atoms with Crippen LogP contribution in [0.15, 0.2) is 12.7 Å². The van der Waals surface area contributed by atoms with Crippen molar-refractivity contribution < 1.29 is 19.0 Å². The number of esters is 1. The average molecular weight is 226 g/mol. The van der Waals surface area contributed by atoms with Crippen LogP contribution >= 0.6 is 0 Å². The molecule has 0 amide bonds. The number of fused-ring (bicyclic) bond motifs is 1. The van der Waals surface area contributed by atoms with E-state index in [1.807, 2.05) is 20.8 Å². The lowest BCUT2D eigenvalue weighted by Crippen LogP contribution is -2.49. The second kappa shape index (κ2) is 3.86. The minimum atomic E-state index is -0.703. The maximum Gasteiger partial charge on any atom is 0.338 e. The van der Waals surface area contributed by atoms with E-state index >= 15 is 0 Å². The van der Waals surface area contributed by atoms with Crippen LogP contribution < -0.4 is 0 Å². The molecule has 0 radical (unpaired) electrons. The van der Waals surface area contributed by atoms with E-state index in [1.165, 1.54) is 0 Å². The van der Waals surface area contributed by atoms with Crippen molar-refractivity contribution in [3.63, 3.8) is 0 Å². The van der Waals surface area contributed by atoms with Gasteiger partial charge in [0.05, 0.1) is 0 Å². The van der Waals surface area contributed by atoms with Gasteiger partial charge >= 0.3 is 5.97 Å². The van der Waals surface area contributed by atoms with Crippen LogP contribution in [0.1, 0.15) is 27.2 Å². The molecule has 2 rings (SSSR count). The molecule has 0 spiro atoms. The molecular weight excluding hydrogens is 208 g/mol. The summed E-state index contributed by atoms with van der Waals surface area (Å²) in [4.78, 5) is 11.7. The number of hydrogen-bond acceptors (Lipinski definition) is 4. The molecule has 2 aliphatic heterocycles. The minimum absolute atomic E-state index is 0.127. The maximum absolute atomic E-state index is 11.7. The normalized spacial score (nSPS) is 41.3. The van der Waals surface area contributed by atoms with Crippen molar-refractivity contribution in [1.82, 2.24) is 0 Å². The Kier molecular flexibility index (Phi) is 2.80. The first-order chi connectivity index (χ1) is 7.44. The third-order valence-electron chi connectivity index (χ3n) is 3.13. The smallest absolute Gasteiger partial charge is 0.338 e. The minimum Gasteiger partial charge on any atom is -0.460 e. The largest absolute Gasteiger partial charge is 0.460 e. The van der Waals surface area contributed by atoms with Gasteiger partial charge in [0.1, 0.15) is 12.2 Å². The Morgan fingerprint density at radius 1 is 1.44 bits per heavy atom. The third kappa shape index (κ3) is 1.87. The van der Waals surface area contributed by atoms with Crippen molar-refractivity contribution in [1.29, 1.82) is 0 Å². The highest BCUT2D eigenvalue weighted by Gasteiger charge is 2.53. The molecule has 2 fully saturated rings. The highest BCUT2D eigenvalue weighted by atomic mass is 16.8. The van der Waals surface area contributed by atoms with E-state index in [0.29, 0.717) is 6.42 Å². The zero-order valence-electron chi connectivity index (χ0n) is 9.93. The fraction of sp³-hybridized carbons (Fsp3) is 0.750. The van der Waals surface area contributed by atoms with Gasteiger partial charge in [-0.25, -0.2) is 4.79 Å². The molecule has 16 heavy (non-hydrogen) atoms. The summed E-state index contributed by atoms with van der Waals surface area (Å²) in [5.41, 5.74) is 0. The molecule has 0 aromatic rings. The summed E-state index contributed by atoms with van der Waals surface area (Å²) in [7, 11) is 0. The Morgan fingerprint density at radius 2 is 2.12 bits per heavy atom. The molecule has 2 saturated heterocycles. The molecule has 0 bridgehead atoms. The molecule has 90 valence electrons. The second-order valence-corrected chi connectivity index (χ2v) is 4.88. The molecule has 0 saturated carbocycles. The van der Waals surface area contributed by atoms with E-state index in [9.17, 15) is 4.79 Å². The van der Waals surface area contributed by atoms with Gasteiger partial charge in [-0.3, -0.25) is 0 Å². The molecule has 0 unspecified atom stereocenters. The van der Waals surface area contributed by atoms with Gasteiger partial charge < -0.3 is 14.2 Å². The number of carbonyl (C=O) groups excluding carboxylic acids is 1. The Labute approximate surface area is 95.6 Å². The van der Waals surface area contributed by atoms with Crippen molar-refractivity contribution in [2.24, 2.45) is 5.92 Å². The average Bonchev–Trinajstić information content (AvgIpc) is 2.51. The van der Waals surface area contributed by atoms with E-state index in [0.717, 1.165) is 0 Å². The van der Waals surface area contributed by atoms with Gasteiger partial charge in [-0.15, -0.1) is 6.58 Å². The van der Waals surface area contributed by atoms with Crippen LogP contribution in [0.25, 0.3) is 0 Å². The zero-order valence-corrected chi connectivity index (χ0v) is 9.93. The highest BCUT2D eigenvalue weighted by Crippen LogP contribution is 2.38. The predicted octanol–water partition coefficient (Wildman–Crippen LogP) is 1.64. The molecule has 2 aliphatic rings. The lowest BCUT2D eigenvalue weighted by molar-refractivity contribution is -0.177.